The topological polar surface area (TPSA) is 51.8 Å². The molecule has 4 aromatic carbocycles. The maximum atomic E-state index is 9.27. The molecule has 0 aliphatic heterocycles. The van der Waals surface area contributed by atoms with Gasteiger partial charge in [0, 0.05) is 61.4 Å². The van der Waals surface area contributed by atoms with Crippen LogP contribution in [0, 0.1) is 38.1 Å². The second-order valence-corrected chi connectivity index (χ2v) is 17.3. The molecule has 0 unspecified atom stereocenters. The van der Waals surface area contributed by atoms with Gasteiger partial charge in [0.2, 0.25) is 5.71 Å². The minimum atomic E-state index is -2.55. The van der Waals surface area contributed by atoms with E-state index in [0.717, 1.165) is 22.3 Å². The molecule has 0 aliphatic rings. The second kappa shape index (κ2) is 17.8. The van der Waals surface area contributed by atoms with Gasteiger partial charge in [-0.05, 0) is 111 Å². The van der Waals surface area contributed by atoms with E-state index in [2.05, 4.69) is 47.9 Å². The molecule has 0 saturated carbocycles. The van der Waals surface area contributed by atoms with Crippen LogP contribution in [-0.2, 0) is 43.7 Å². The predicted octanol–water partition coefficient (Wildman–Crippen LogP) is 14.4. The summed E-state index contributed by atoms with van der Waals surface area (Å²) in [5, 5.41) is 1.29. The minimum absolute atomic E-state index is 0. The van der Waals surface area contributed by atoms with Crippen molar-refractivity contribution in [2.24, 2.45) is 5.41 Å². The molecule has 5 heteroatoms. The molecule has 0 aliphatic carbocycles. The zero-order valence-electron chi connectivity index (χ0n) is 48.1. The van der Waals surface area contributed by atoms with Crippen molar-refractivity contribution in [3.8, 4) is 33.6 Å². The molecule has 0 bridgehead atoms. The van der Waals surface area contributed by atoms with Crippen LogP contribution in [0.4, 0.5) is 0 Å². The van der Waals surface area contributed by atoms with Gasteiger partial charge in [0.15, 0.2) is 0 Å². The van der Waals surface area contributed by atoms with Crippen LogP contribution in [0.25, 0.3) is 55.7 Å². The van der Waals surface area contributed by atoms with Gasteiger partial charge in [0.25, 0.3) is 0 Å². The van der Waals surface area contributed by atoms with Crippen LogP contribution >= 0.6 is 0 Å². The third-order valence-electron chi connectivity index (χ3n) is 9.93. The molecule has 0 atom stereocenters. The van der Waals surface area contributed by atoms with Gasteiger partial charge in [0.1, 0.15) is 0 Å². The SMILES string of the molecule is [2H]C([2H])([2H])c1c[c-]c(-c2cc(-c3ccc(C([2H])([2H])C(C)(C)C)cc3)ccn2)cc1.[2H]C([2H])([2H])c1ccc2c(n1)oc1c(-c3cc(C(C)(C)C([2H])([2H])c4ccc(C(C)(C)C)cc4)c(C([2H])([2H])[2H])cn3)[c-]ccc12.[Ir]. The molecule has 0 amide bonds. The number of rotatable bonds is 7. The summed E-state index contributed by atoms with van der Waals surface area (Å²) in [6.45, 7) is 8.24. The molecule has 309 valence electrons. The van der Waals surface area contributed by atoms with Crippen LogP contribution in [0.3, 0.4) is 0 Å². The molecule has 0 N–H and O–H groups in total. The van der Waals surface area contributed by atoms with Crippen LogP contribution in [0.2, 0.25) is 0 Å². The van der Waals surface area contributed by atoms with E-state index in [9.17, 15) is 2.74 Å². The first kappa shape index (κ1) is 29.9. The smallest absolute Gasteiger partial charge is 0.216 e. The van der Waals surface area contributed by atoms with E-state index < -0.39 is 44.1 Å². The normalized spacial score (nSPS) is 16.2. The molecule has 60 heavy (non-hydrogen) atoms. The second-order valence-electron chi connectivity index (χ2n) is 17.3. The summed E-state index contributed by atoms with van der Waals surface area (Å²) in [6.07, 6.45) is -0.419. The van der Waals surface area contributed by atoms with E-state index in [1.165, 1.54) is 18.3 Å². The molecular formula is C55H57IrN3O-2. The van der Waals surface area contributed by atoms with Gasteiger partial charge in [-0.25, -0.2) is 4.98 Å². The zero-order valence-corrected chi connectivity index (χ0v) is 37.5. The minimum Gasteiger partial charge on any atom is -0.486 e. The van der Waals surface area contributed by atoms with Crippen molar-refractivity contribution >= 4 is 22.1 Å². The van der Waals surface area contributed by atoms with E-state index in [4.69, 9.17) is 19.5 Å². The van der Waals surface area contributed by atoms with Gasteiger partial charge in [-0.2, -0.15) is 0 Å². The van der Waals surface area contributed by atoms with Gasteiger partial charge in [-0.3, -0.25) is 0 Å². The van der Waals surface area contributed by atoms with Gasteiger partial charge >= 0.3 is 0 Å². The summed E-state index contributed by atoms with van der Waals surface area (Å²) < 4.78 is 112. The maximum absolute atomic E-state index is 9.27. The third kappa shape index (κ3) is 10.4. The van der Waals surface area contributed by atoms with E-state index in [1.807, 2.05) is 69.3 Å². The van der Waals surface area contributed by atoms with E-state index in [-0.39, 0.29) is 53.6 Å². The third-order valence-corrected chi connectivity index (χ3v) is 9.93. The van der Waals surface area contributed by atoms with Crippen LogP contribution < -0.4 is 0 Å². The molecule has 4 aromatic heterocycles. The molecule has 8 rings (SSSR count). The van der Waals surface area contributed by atoms with Crippen molar-refractivity contribution in [1.82, 2.24) is 15.0 Å². The Hall–Kier alpha value is -5.22. The quantitative estimate of drug-likeness (QED) is 0.149. The van der Waals surface area contributed by atoms with Crippen molar-refractivity contribution in [2.75, 3.05) is 0 Å². The number of furan rings is 1. The number of fused-ring (bicyclic) bond motifs is 3. The van der Waals surface area contributed by atoms with Crippen molar-refractivity contribution in [1.29, 1.82) is 0 Å². The number of hydrogen-bond donors (Lipinski definition) is 0. The molecule has 0 fully saturated rings. The van der Waals surface area contributed by atoms with Crippen molar-refractivity contribution in [2.45, 2.75) is 99.5 Å². The number of aryl methyl sites for hydroxylation is 3. The Bertz CT molecular complexity index is 3230. The summed E-state index contributed by atoms with van der Waals surface area (Å²) in [4.78, 5) is 13.1. The van der Waals surface area contributed by atoms with Crippen molar-refractivity contribution in [3.63, 3.8) is 0 Å². The molecule has 0 saturated heterocycles. The zero-order chi connectivity index (χ0) is 53.2. The fourth-order valence-electron chi connectivity index (χ4n) is 6.92. The number of hydrogen-bond acceptors (Lipinski definition) is 4. The Balaban J connectivity index is 0.000000253. The molecule has 0 spiro atoms. The first-order chi connectivity index (χ1) is 33.1. The fraction of sp³-hybridized carbons (Fsp3) is 0.291. The van der Waals surface area contributed by atoms with Crippen LogP contribution in [-0.4, -0.2) is 15.0 Å². The Morgan fingerprint density at radius 2 is 1.43 bits per heavy atom. The summed E-state index contributed by atoms with van der Waals surface area (Å²) in [5.41, 5.74) is 5.25. The van der Waals surface area contributed by atoms with E-state index >= 15 is 0 Å². The summed E-state index contributed by atoms with van der Waals surface area (Å²) in [6, 6.07) is 37.8. The van der Waals surface area contributed by atoms with Gasteiger partial charge < -0.3 is 14.4 Å². The first-order valence-corrected chi connectivity index (χ1v) is 19.6. The van der Waals surface area contributed by atoms with Crippen molar-refractivity contribution in [3.05, 3.63) is 173 Å². The van der Waals surface area contributed by atoms with Crippen LogP contribution in [0.5, 0.6) is 0 Å². The number of pyridine rings is 3. The van der Waals surface area contributed by atoms with E-state index in [0.29, 0.717) is 44.4 Å². The largest absolute Gasteiger partial charge is 0.486 e. The van der Waals surface area contributed by atoms with Gasteiger partial charge in [0.05, 0.1) is 5.58 Å². The Labute approximate surface area is 389 Å². The first-order valence-electron chi connectivity index (χ1n) is 26.1. The summed E-state index contributed by atoms with van der Waals surface area (Å²) >= 11 is 0. The Kier molecular flexibility index (Phi) is 8.87. The number of benzene rings is 4. The van der Waals surface area contributed by atoms with E-state index in [1.54, 1.807) is 68.6 Å². The Morgan fingerprint density at radius 3 is 2.10 bits per heavy atom. The number of aromatic nitrogens is 3. The predicted molar refractivity (Wildman–Crippen MR) is 247 cm³/mol. The van der Waals surface area contributed by atoms with Gasteiger partial charge in [-0.15, -0.1) is 53.6 Å². The molecule has 4 nitrogen and oxygen atoms in total. The standard InChI is InChI=1S/C32H33N2O.C23H24N.Ir/c1-20-19-33-28(26-10-8-9-24-25-16-11-21(2)34-30(25)35-29(24)26)17-27(20)32(6,7)18-22-12-14-23(15-13-22)31(3,4)5;1-17-5-9-20(10-6-17)22-15-21(13-14-24-22)19-11-7-18(8-12-19)16-23(2,3)4;/h8-9,11-17,19H,18H2,1-7H3;5-9,11-15H,16H2,1-4H3;/q2*-1;/i1D3,2D3,18D2;1D3,16D2;. The van der Waals surface area contributed by atoms with Crippen molar-refractivity contribution < 1.29 is 42.3 Å². The molecule has 8 aromatic rings. The average Bonchev–Trinajstić information content (AvgIpc) is 3.69. The van der Waals surface area contributed by atoms with Crippen LogP contribution in [0.15, 0.2) is 126 Å². The Morgan fingerprint density at radius 1 is 0.683 bits per heavy atom. The summed E-state index contributed by atoms with van der Waals surface area (Å²) in [5.74, 6) is 0. The summed E-state index contributed by atoms with van der Waals surface area (Å²) in [7, 11) is 0. The molecular weight excluding hydrogens is 911 g/mol. The van der Waals surface area contributed by atoms with Crippen LogP contribution in [0.1, 0.15) is 112 Å². The number of nitrogens with zero attached hydrogens (tertiary/aromatic N) is 3. The maximum Gasteiger partial charge on any atom is 0.216 e. The monoisotopic (exact) mass is 981 g/mol. The van der Waals surface area contributed by atoms with Gasteiger partial charge in [-0.1, -0.05) is 134 Å². The molecule has 1 radical (unpaired) electrons. The molecule has 4 heterocycles. The fourth-order valence-corrected chi connectivity index (χ4v) is 6.92. The average molecular weight is 981 g/mol.